The maximum Gasteiger partial charge on any atom is 0.410 e. The fourth-order valence-corrected chi connectivity index (χ4v) is 4.60. The second-order valence-electron chi connectivity index (χ2n) is 10.9. The summed E-state index contributed by atoms with van der Waals surface area (Å²) >= 11 is 0. The van der Waals surface area contributed by atoms with Crippen LogP contribution in [0.4, 0.5) is 15.4 Å². The summed E-state index contributed by atoms with van der Waals surface area (Å²) in [6.45, 7) is 13.9. The van der Waals surface area contributed by atoms with Crippen molar-refractivity contribution in [2.24, 2.45) is 0 Å². The molecule has 0 unspecified atom stereocenters. The molecule has 2 aliphatic rings. The molecular formula is C25H38N6O4. The number of hydrogen-bond acceptors (Lipinski definition) is 7. The molecule has 0 spiro atoms. The third kappa shape index (κ3) is 5.97. The molecule has 35 heavy (non-hydrogen) atoms. The van der Waals surface area contributed by atoms with E-state index in [9.17, 15) is 9.59 Å². The molecule has 10 heteroatoms. The number of imidazole rings is 1. The van der Waals surface area contributed by atoms with Gasteiger partial charge in [-0.25, -0.2) is 19.6 Å². The van der Waals surface area contributed by atoms with E-state index >= 15 is 0 Å². The summed E-state index contributed by atoms with van der Waals surface area (Å²) in [4.78, 5) is 37.6. The SMILES string of the molecule is Cc1cc2c(ncn2C(C)C)c(NC2CCN(C(=O)O[C@H]3CCN(C(=O)OC(C)(C)C)C3)CC2)n1. The van der Waals surface area contributed by atoms with Crippen LogP contribution < -0.4 is 5.32 Å². The fourth-order valence-electron chi connectivity index (χ4n) is 4.60. The van der Waals surface area contributed by atoms with E-state index in [0.717, 1.165) is 35.4 Å². The molecular weight excluding hydrogens is 448 g/mol. The number of nitrogens with zero attached hydrogens (tertiary/aromatic N) is 5. The van der Waals surface area contributed by atoms with Crippen LogP contribution in [0.15, 0.2) is 12.4 Å². The van der Waals surface area contributed by atoms with Crippen molar-refractivity contribution in [1.29, 1.82) is 0 Å². The molecule has 2 aliphatic heterocycles. The van der Waals surface area contributed by atoms with Crippen LogP contribution in [0.3, 0.4) is 0 Å². The first-order valence-electron chi connectivity index (χ1n) is 12.5. The van der Waals surface area contributed by atoms with Crippen LogP contribution in [-0.2, 0) is 9.47 Å². The van der Waals surface area contributed by atoms with Gasteiger partial charge in [0.2, 0.25) is 0 Å². The Balaban J connectivity index is 1.28. The molecule has 4 rings (SSSR count). The van der Waals surface area contributed by atoms with Crippen LogP contribution in [-0.4, -0.2) is 80.4 Å². The molecule has 0 saturated carbocycles. The lowest BCUT2D eigenvalue weighted by Gasteiger charge is -2.32. The number of carbonyl (C=O) groups is 2. The number of anilines is 1. The second-order valence-corrected chi connectivity index (χ2v) is 10.9. The zero-order valence-electron chi connectivity index (χ0n) is 21.7. The van der Waals surface area contributed by atoms with Gasteiger partial charge in [-0.05, 0) is 60.5 Å². The minimum atomic E-state index is -0.543. The summed E-state index contributed by atoms with van der Waals surface area (Å²) in [6, 6.07) is 2.59. The first-order valence-corrected chi connectivity index (χ1v) is 12.5. The molecule has 0 aliphatic carbocycles. The highest BCUT2D eigenvalue weighted by atomic mass is 16.6. The molecule has 2 fully saturated rings. The Labute approximate surface area is 207 Å². The maximum absolute atomic E-state index is 12.7. The number of fused-ring (bicyclic) bond motifs is 1. The number of aromatic nitrogens is 3. The van der Waals surface area contributed by atoms with Crippen LogP contribution in [0.5, 0.6) is 0 Å². The molecule has 4 heterocycles. The van der Waals surface area contributed by atoms with E-state index in [0.29, 0.717) is 38.6 Å². The number of likely N-dealkylation sites (tertiary alicyclic amines) is 2. The van der Waals surface area contributed by atoms with Gasteiger partial charge in [-0.15, -0.1) is 0 Å². The number of ether oxygens (including phenoxy) is 2. The van der Waals surface area contributed by atoms with Gasteiger partial charge in [-0.3, -0.25) is 0 Å². The lowest BCUT2D eigenvalue weighted by Crippen LogP contribution is -2.44. The quantitative estimate of drug-likeness (QED) is 0.686. The average molecular weight is 487 g/mol. The predicted octanol–water partition coefficient (Wildman–Crippen LogP) is 4.34. The van der Waals surface area contributed by atoms with Crippen molar-refractivity contribution in [2.45, 2.75) is 84.6 Å². The molecule has 2 aromatic rings. The van der Waals surface area contributed by atoms with Crippen LogP contribution in [0, 0.1) is 6.92 Å². The first kappa shape index (κ1) is 25.1. The minimum absolute atomic E-state index is 0.204. The Bertz CT molecular complexity index is 1070. The Morgan fingerprint density at radius 2 is 1.77 bits per heavy atom. The summed E-state index contributed by atoms with van der Waals surface area (Å²) in [5, 5.41) is 3.56. The van der Waals surface area contributed by atoms with Crippen molar-refractivity contribution >= 4 is 29.0 Å². The van der Waals surface area contributed by atoms with E-state index in [-0.39, 0.29) is 24.3 Å². The highest BCUT2D eigenvalue weighted by Gasteiger charge is 2.33. The maximum atomic E-state index is 12.7. The lowest BCUT2D eigenvalue weighted by atomic mass is 10.1. The molecule has 10 nitrogen and oxygen atoms in total. The van der Waals surface area contributed by atoms with Crippen LogP contribution in [0.1, 0.15) is 65.6 Å². The zero-order valence-corrected chi connectivity index (χ0v) is 21.7. The monoisotopic (exact) mass is 486 g/mol. The van der Waals surface area contributed by atoms with E-state index in [1.165, 1.54) is 0 Å². The molecule has 0 aromatic carbocycles. The van der Waals surface area contributed by atoms with Crippen LogP contribution in [0.25, 0.3) is 11.0 Å². The number of rotatable bonds is 4. The topological polar surface area (TPSA) is 102 Å². The third-order valence-corrected chi connectivity index (χ3v) is 6.40. The lowest BCUT2D eigenvalue weighted by molar-refractivity contribution is 0.0235. The number of pyridine rings is 1. The van der Waals surface area contributed by atoms with E-state index < -0.39 is 5.60 Å². The molecule has 192 valence electrons. The minimum Gasteiger partial charge on any atom is -0.444 e. The molecule has 2 aromatic heterocycles. The second kappa shape index (κ2) is 9.91. The average Bonchev–Trinajstić information content (AvgIpc) is 3.40. The Kier molecular flexibility index (Phi) is 7.10. The van der Waals surface area contributed by atoms with Gasteiger partial charge in [0.15, 0.2) is 5.82 Å². The number of carbonyl (C=O) groups excluding carboxylic acids is 2. The van der Waals surface area contributed by atoms with Crippen molar-refractivity contribution < 1.29 is 19.1 Å². The Morgan fingerprint density at radius 3 is 2.43 bits per heavy atom. The number of nitrogens with one attached hydrogen (secondary N) is 1. The highest BCUT2D eigenvalue weighted by Crippen LogP contribution is 2.26. The Morgan fingerprint density at radius 1 is 1.09 bits per heavy atom. The Hall–Kier alpha value is -3.04. The van der Waals surface area contributed by atoms with Crippen molar-refractivity contribution in [3.05, 3.63) is 18.1 Å². The van der Waals surface area contributed by atoms with Crippen molar-refractivity contribution in [3.63, 3.8) is 0 Å². The third-order valence-electron chi connectivity index (χ3n) is 6.40. The fraction of sp³-hybridized carbons (Fsp3) is 0.680. The van der Waals surface area contributed by atoms with E-state index in [1.54, 1.807) is 9.80 Å². The summed E-state index contributed by atoms with van der Waals surface area (Å²) in [6.07, 6.45) is 3.12. The van der Waals surface area contributed by atoms with Gasteiger partial charge in [0.1, 0.15) is 17.2 Å². The van der Waals surface area contributed by atoms with Crippen molar-refractivity contribution in [2.75, 3.05) is 31.5 Å². The van der Waals surface area contributed by atoms with Crippen molar-refractivity contribution in [1.82, 2.24) is 24.3 Å². The van der Waals surface area contributed by atoms with Gasteiger partial charge < -0.3 is 29.2 Å². The van der Waals surface area contributed by atoms with Gasteiger partial charge in [-0.2, -0.15) is 0 Å². The largest absolute Gasteiger partial charge is 0.444 e. The molecule has 0 bridgehead atoms. The number of piperidine rings is 1. The zero-order chi connectivity index (χ0) is 25.3. The van der Waals surface area contributed by atoms with Gasteiger partial charge in [0, 0.05) is 43.8 Å². The molecule has 2 saturated heterocycles. The predicted molar refractivity (Wildman–Crippen MR) is 134 cm³/mol. The molecule has 2 amide bonds. The summed E-state index contributed by atoms with van der Waals surface area (Å²) < 4.78 is 13.3. The van der Waals surface area contributed by atoms with E-state index in [4.69, 9.17) is 14.5 Å². The normalized spacial score (nSPS) is 19.5. The summed E-state index contributed by atoms with van der Waals surface area (Å²) in [5.41, 5.74) is 2.36. The number of hydrogen-bond donors (Lipinski definition) is 1. The number of aryl methyl sites for hydroxylation is 1. The van der Waals surface area contributed by atoms with Gasteiger partial charge in [0.25, 0.3) is 0 Å². The summed E-state index contributed by atoms with van der Waals surface area (Å²) in [7, 11) is 0. The standard InChI is InChI=1S/C25H38N6O4/c1-16(2)31-15-26-21-20(31)13-17(3)27-22(21)28-18-7-10-29(11-8-18)23(32)34-19-9-12-30(14-19)24(33)35-25(4,5)6/h13,15-16,18-19H,7-12,14H2,1-6H3,(H,27,28)/t19-/m0/s1. The smallest absolute Gasteiger partial charge is 0.410 e. The van der Waals surface area contributed by atoms with Crippen LogP contribution in [0.2, 0.25) is 0 Å². The molecule has 0 radical (unpaired) electrons. The first-order chi connectivity index (χ1) is 16.5. The van der Waals surface area contributed by atoms with Crippen LogP contribution >= 0.6 is 0 Å². The van der Waals surface area contributed by atoms with Gasteiger partial charge in [-0.1, -0.05) is 0 Å². The van der Waals surface area contributed by atoms with E-state index in [1.807, 2.05) is 34.0 Å². The number of amides is 2. The highest BCUT2D eigenvalue weighted by molar-refractivity contribution is 5.86. The van der Waals surface area contributed by atoms with Gasteiger partial charge >= 0.3 is 12.2 Å². The van der Waals surface area contributed by atoms with Gasteiger partial charge in [0.05, 0.1) is 18.4 Å². The summed E-state index contributed by atoms with van der Waals surface area (Å²) in [5.74, 6) is 0.800. The van der Waals surface area contributed by atoms with Crippen molar-refractivity contribution in [3.8, 4) is 0 Å². The molecule has 1 atom stereocenters. The van der Waals surface area contributed by atoms with E-state index in [2.05, 4.69) is 34.8 Å². The molecule has 1 N–H and O–H groups in total.